The van der Waals surface area contributed by atoms with Gasteiger partial charge in [-0.2, -0.15) is 0 Å². The zero-order chi connectivity index (χ0) is 19.7. The van der Waals surface area contributed by atoms with E-state index in [0.717, 1.165) is 6.42 Å². The van der Waals surface area contributed by atoms with Crippen LogP contribution in [0.15, 0.2) is 0 Å². The number of carbonyl (C=O) groups excluding carboxylic acids is 2. The van der Waals surface area contributed by atoms with Gasteiger partial charge in [-0.15, -0.1) is 0 Å². The van der Waals surface area contributed by atoms with Gasteiger partial charge in [0.25, 0.3) is 0 Å². The molecule has 0 saturated heterocycles. The van der Waals surface area contributed by atoms with E-state index in [1.165, 1.54) is 0 Å². The van der Waals surface area contributed by atoms with Crippen molar-refractivity contribution in [1.29, 1.82) is 0 Å². The molecule has 0 aliphatic heterocycles. The summed E-state index contributed by atoms with van der Waals surface area (Å²) in [5.74, 6) is 0.237. The largest absolute Gasteiger partial charge is 0.465 e. The van der Waals surface area contributed by atoms with Gasteiger partial charge >= 0.3 is 5.97 Å². The molecule has 0 bridgehead atoms. The molecule has 1 atom stereocenters. The number of carbonyl (C=O) groups is 2. The summed E-state index contributed by atoms with van der Waals surface area (Å²) < 4.78 is 11.2. The molecule has 0 radical (unpaired) electrons. The van der Waals surface area contributed by atoms with Gasteiger partial charge in [0.2, 0.25) is 5.91 Å². The topological polar surface area (TPSA) is 64.6 Å². The Morgan fingerprint density at radius 2 is 1.64 bits per heavy atom. The first kappa shape index (κ1) is 23.9. The van der Waals surface area contributed by atoms with Crippen LogP contribution >= 0.6 is 0 Å². The molecule has 0 aromatic rings. The molecule has 0 aromatic heterocycles. The summed E-state index contributed by atoms with van der Waals surface area (Å²) in [6.07, 6.45) is 2.36. The van der Waals surface area contributed by atoms with E-state index in [-0.39, 0.29) is 17.9 Å². The van der Waals surface area contributed by atoms with Crippen LogP contribution in [-0.4, -0.2) is 36.7 Å². The van der Waals surface area contributed by atoms with E-state index in [1.807, 2.05) is 55.4 Å². The average molecular weight is 358 g/mol. The molecule has 0 spiro atoms. The second-order valence-corrected chi connectivity index (χ2v) is 8.48. The Bertz CT molecular complexity index is 418. The Balaban J connectivity index is 4.34. The van der Waals surface area contributed by atoms with Crippen LogP contribution in [0.2, 0.25) is 0 Å². The van der Waals surface area contributed by atoms with Gasteiger partial charge in [-0.3, -0.25) is 9.59 Å². The lowest BCUT2D eigenvalue weighted by Gasteiger charge is -2.31. The molecule has 0 saturated carbocycles. The summed E-state index contributed by atoms with van der Waals surface area (Å²) in [4.78, 5) is 24.1. The van der Waals surface area contributed by atoms with Crippen molar-refractivity contribution in [3.63, 3.8) is 0 Å². The van der Waals surface area contributed by atoms with Crippen molar-refractivity contribution in [3.05, 3.63) is 0 Å². The standard InChI is InChI=1S/C20H39NO4/c1-9-20(8,18(23)21-16(4)5)12-13-25-19(6,7)11-10-17(22)24-14-15(2)3/h15-16H,9-14H2,1-8H3,(H,21,23). The van der Waals surface area contributed by atoms with Gasteiger partial charge in [0.05, 0.1) is 12.2 Å². The van der Waals surface area contributed by atoms with Gasteiger partial charge in [-0.1, -0.05) is 27.7 Å². The first-order valence-electron chi connectivity index (χ1n) is 9.52. The summed E-state index contributed by atoms with van der Waals surface area (Å²) >= 11 is 0. The molecule has 1 amide bonds. The highest BCUT2D eigenvalue weighted by Crippen LogP contribution is 2.28. The number of ether oxygens (including phenoxy) is 2. The van der Waals surface area contributed by atoms with Crippen molar-refractivity contribution >= 4 is 11.9 Å². The van der Waals surface area contributed by atoms with Gasteiger partial charge in [0.1, 0.15) is 0 Å². The van der Waals surface area contributed by atoms with E-state index in [1.54, 1.807) is 0 Å². The van der Waals surface area contributed by atoms with Crippen molar-refractivity contribution in [2.75, 3.05) is 13.2 Å². The third-order valence-corrected chi connectivity index (χ3v) is 4.40. The van der Waals surface area contributed by atoms with Crippen molar-refractivity contribution in [2.45, 2.75) is 92.7 Å². The highest BCUT2D eigenvalue weighted by molar-refractivity contribution is 5.82. The van der Waals surface area contributed by atoms with Crippen molar-refractivity contribution in [1.82, 2.24) is 5.32 Å². The molecule has 5 heteroatoms. The van der Waals surface area contributed by atoms with Gasteiger partial charge in [-0.25, -0.2) is 0 Å². The SMILES string of the molecule is CCC(C)(CCOC(C)(C)CCC(=O)OCC(C)C)C(=O)NC(C)C. The Morgan fingerprint density at radius 1 is 1.04 bits per heavy atom. The highest BCUT2D eigenvalue weighted by Gasteiger charge is 2.32. The lowest BCUT2D eigenvalue weighted by atomic mass is 9.83. The third kappa shape index (κ3) is 10.5. The van der Waals surface area contributed by atoms with Gasteiger partial charge < -0.3 is 14.8 Å². The number of nitrogens with one attached hydrogen (secondary N) is 1. The maximum Gasteiger partial charge on any atom is 0.305 e. The normalized spacial score (nSPS) is 14.5. The number of amides is 1. The van der Waals surface area contributed by atoms with Crippen LogP contribution < -0.4 is 5.32 Å². The fourth-order valence-electron chi connectivity index (χ4n) is 2.25. The lowest BCUT2D eigenvalue weighted by Crippen LogP contribution is -2.43. The first-order chi connectivity index (χ1) is 11.4. The van der Waals surface area contributed by atoms with E-state index in [0.29, 0.717) is 38.4 Å². The van der Waals surface area contributed by atoms with Gasteiger partial charge in [0, 0.05) is 24.5 Å². The molecule has 0 rings (SSSR count). The number of hydrogen-bond donors (Lipinski definition) is 1. The van der Waals surface area contributed by atoms with Crippen LogP contribution in [-0.2, 0) is 19.1 Å². The molecule has 25 heavy (non-hydrogen) atoms. The van der Waals surface area contributed by atoms with Crippen LogP contribution in [0.4, 0.5) is 0 Å². The molecule has 148 valence electrons. The van der Waals surface area contributed by atoms with Crippen molar-refractivity contribution < 1.29 is 19.1 Å². The molecular formula is C20H39NO4. The number of esters is 1. The molecule has 0 heterocycles. The molecule has 0 aliphatic rings. The maximum absolute atomic E-state index is 12.4. The molecule has 0 aromatic carbocycles. The maximum atomic E-state index is 12.4. The Labute approximate surface area is 154 Å². The van der Waals surface area contributed by atoms with Crippen LogP contribution in [0, 0.1) is 11.3 Å². The van der Waals surface area contributed by atoms with Crippen molar-refractivity contribution in [2.24, 2.45) is 11.3 Å². The van der Waals surface area contributed by atoms with E-state index in [9.17, 15) is 9.59 Å². The van der Waals surface area contributed by atoms with Gasteiger partial charge in [0.15, 0.2) is 0 Å². The second kappa shape index (κ2) is 10.8. The summed E-state index contributed by atoms with van der Waals surface area (Å²) in [6.45, 7) is 16.9. The predicted molar refractivity (Wildman–Crippen MR) is 101 cm³/mol. The van der Waals surface area contributed by atoms with E-state index < -0.39 is 11.0 Å². The van der Waals surface area contributed by atoms with Crippen LogP contribution in [0.1, 0.15) is 81.1 Å². The summed E-state index contributed by atoms with van der Waals surface area (Å²) in [6, 6.07) is 0.132. The minimum absolute atomic E-state index is 0.0728. The van der Waals surface area contributed by atoms with Crippen LogP contribution in [0.5, 0.6) is 0 Å². The van der Waals surface area contributed by atoms with Crippen LogP contribution in [0.3, 0.4) is 0 Å². The van der Waals surface area contributed by atoms with E-state index in [2.05, 4.69) is 5.32 Å². The first-order valence-corrected chi connectivity index (χ1v) is 9.52. The fourth-order valence-corrected chi connectivity index (χ4v) is 2.25. The molecular weight excluding hydrogens is 318 g/mol. The quantitative estimate of drug-likeness (QED) is 0.534. The summed E-state index contributed by atoms with van der Waals surface area (Å²) in [5, 5.41) is 2.99. The molecule has 0 aliphatic carbocycles. The highest BCUT2D eigenvalue weighted by atomic mass is 16.5. The Hall–Kier alpha value is -1.10. The Kier molecular flexibility index (Phi) is 10.3. The molecule has 1 unspecified atom stereocenters. The van der Waals surface area contributed by atoms with E-state index in [4.69, 9.17) is 9.47 Å². The summed E-state index contributed by atoms with van der Waals surface area (Å²) in [7, 11) is 0. The van der Waals surface area contributed by atoms with Crippen LogP contribution in [0.25, 0.3) is 0 Å². The smallest absolute Gasteiger partial charge is 0.305 e. The summed E-state index contributed by atoms with van der Waals surface area (Å²) in [5.41, 5.74) is -0.851. The average Bonchev–Trinajstić information content (AvgIpc) is 2.49. The predicted octanol–water partition coefficient (Wildman–Crippen LogP) is 4.09. The monoisotopic (exact) mass is 357 g/mol. The number of rotatable bonds is 12. The fraction of sp³-hybridized carbons (Fsp3) is 0.900. The van der Waals surface area contributed by atoms with E-state index >= 15 is 0 Å². The molecule has 5 nitrogen and oxygen atoms in total. The third-order valence-electron chi connectivity index (χ3n) is 4.40. The zero-order valence-corrected chi connectivity index (χ0v) is 17.5. The molecule has 1 N–H and O–H groups in total. The minimum atomic E-state index is -0.434. The lowest BCUT2D eigenvalue weighted by molar-refractivity contribution is -0.146. The van der Waals surface area contributed by atoms with Crippen molar-refractivity contribution in [3.8, 4) is 0 Å². The minimum Gasteiger partial charge on any atom is -0.465 e. The molecule has 0 fully saturated rings. The Morgan fingerprint density at radius 3 is 2.12 bits per heavy atom. The number of hydrogen-bond acceptors (Lipinski definition) is 4. The van der Waals surface area contributed by atoms with Gasteiger partial charge in [-0.05, 0) is 52.9 Å². The second-order valence-electron chi connectivity index (χ2n) is 8.48. The zero-order valence-electron chi connectivity index (χ0n) is 17.5.